The van der Waals surface area contributed by atoms with E-state index in [2.05, 4.69) is 10.5 Å². The van der Waals surface area contributed by atoms with Gasteiger partial charge in [-0.05, 0) is 72.8 Å². The van der Waals surface area contributed by atoms with Crippen molar-refractivity contribution in [2.45, 2.75) is 0 Å². The van der Waals surface area contributed by atoms with Crippen LogP contribution in [0, 0.1) is 0 Å². The van der Waals surface area contributed by atoms with Crippen LogP contribution in [-0.4, -0.2) is 34.3 Å². The smallest absolute Gasteiger partial charge is 0.343 e. The molecular weight excluding hydrogens is 547 g/mol. The Balaban J connectivity index is 1.57. The summed E-state index contributed by atoms with van der Waals surface area (Å²) in [4.78, 5) is 37.6. The van der Waals surface area contributed by atoms with Gasteiger partial charge in [0.2, 0.25) is 0 Å². The van der Waals surface area contributed by atoms with Gasteiger partial charge in [-0.2, -0.15) is 5.10 Å². The van der Waals surface area contributed by atoms with Crippen molar-refractivity contribution in [3.8, 4) is 23.0 Å². The van der Waals surface area contributed by atoms with E-state index in [4.69, 9.17) is 32.7 Å². The maximum absolute atomic E-state index is 12.7. The average Bonchev–Trinajstić information content (AvgIpc) is 2.90. The van der Waals surface area contributed by atoms with E-state index in [0.29, 0.717) is 10.0 Å². The minimum Gasteiger partial charge on any atom is -0.508 e. The second-order valence-corrected chi connectivity index (χ2v) is 8.77. The van der Waals surface area contributed by atoms with Crippen LogP contribution in [0.5, 0.6) is 23.0 Å². The van der Waals surface area contributed by atoms with Crippen molar-refractivity contribution < 1.29 is 34.1 Å². The standard InChI is InChI=1S/C28H18Cl2N2O7/c29-19-6-1-16(2-7-19)27(36)38-22-11-5-18(15-31-32-26(35)23-12-10-21(33)13-24(23)34)25(14-22)39-28(37)17-3-8-20(30)9-4-17/h1-15,33-34H,(H,32,35)/b31-15+. The van der Waals surface area contributed by atoms with E-state index in [-0.39, 0.29) is 39.5 Å². The van der Waals surface area contributed by atoms with Gasteiger partial charge in [0.15, 0.2) is 0 Å². The molecule has 3 N–H and O–H groups in total. The number of halogens is 2. The van der Waals surface area contributed by atoms with Gasteiger partial charge < -0.3 is 19.7 Å². The van der Waals surface area contributed by atoms with Crippen LogP contribution in [0.4, 0.5) is 0 Å². The Morgan fingerprint density at radius 2 is 1.33 bits per heavy atom. The lowest BCUT2D eigenvalue weighted by Crippen LogP contribution is -2.18. The molecule has 4 rings (SSSR count). The SMILES string of the molecule is O=C(Oc1ccc(/C=N/NC(=O)c2ccc(O)cc2O)c(OC(=O)c2ccc(Cl)cc2)c1)c1ccc(Cl)cc1. The summed E-state index contributed by atoms with van der Waals surface area (Å²) in [5, 5.41) is 24.0. The van der Waals surface area contributed by atoms with Gasteiger partial charge in [-0.15, -0.1) is 0 Å². The van der Waals surface area contributed by atoms with Gasteiger partial charge in [-0.1, -0.05) is 23.2 Å². The zero-order chi connectivity index (χ0) is 27.9. The number of ether oxygens (including phenoxy) is 2. The molecule has 0 aromatic heterocycles. The molecule has 0 spiro atoms. The number of amides is 1. The first kappa shape index (κ1) is 27.2. The van der Waals surface area contributed by atoms with E-state index >= 15 is 0 Å². The molecule has 196 valence electrons. The first-order valence-corrected chi connectivity index (χ1v) is 11.9. The van der Waals surface area contributed by atoms with Gasteiger partial charge in [0.1, 0.15) is 23.0 Å². The van der Waals surface area contributed by atoms with E-state index in [1.165, 1.54) is 72.9 Å². The van der Waals surface area contributed by atoms with Gasteiger partial charge in [-0.3, -0.25) is 4.79 Å². The summed E-state index contributed by atoms with van der Waals surface area (Å²) in [6.07, 6.45) is 1.20. The van der Waals surface area contributed by atoms with Crippen molar-refractivity contribution >= 4 is 47.3 Å². The number of hydrogen-bond acceptors (Lipinski definition) is 8. The number of rotatable bonds is 7. The molecule has 11 heteroatoms. The van der Waals surface area contributed by atoms with E-state index < -0.39 is 23.6 Å². The summed E-state index contributed by atoms with van der Waals surface area (Å²) in [5.74, 6) is -2.74. The fourth-order valence-corrected chi connectivity index (χ4v) is 3.45. The number of nitrogens with zero attached hydrogens (tertiary/aromatic N) is 1. The summed E-state index contributed by atoms with van der Waals surface area (Å²) < 4.78 is 10.9. The van der Waals surface area contributed by atoms with Crippen LogP contribution in [0.2, 0.25) is 10.0 Å². The highest BCUT2D eigenvalue weighted by atomic mass is 35.5. The van der Waals surface area contributed by atoms with Crippen molar-refractivity contribution in [1.82, 2.24) is 5.43 Å². The van der Waals surface area contributed by atoms with Crippen LogP contribution in [0.15, 0.2) is 90.0 Å². The molecule has 4 aromatic carbocycles. The molecule has 39 heavy (non-hydrogen) atoms. The molecular formula is C28H18Cl2N2O7. The number of hydrogen-bond donors (Lipinski definition) is 3. The Hall–Kier alpha value is -4.86. The van der Waals surface area contributed by atoms with Crippen LogP contribution >= 0.6 is 23.2 Å². The minimum atomic E-state index is -0.753. The number of carbonyl (C=O) groups excluding carboxylic acids is 3. The Labute approximate surface area is 231 Å². The van der Waals surface area contributed by atoms with E-state index in [1.54, 1.807) is 12.1 Å². The normalized spacial score (nSPS) is 10.7. The van der Waals surface area contributed by atoms with E-state index in [0.717, 1.165) is 6.07 Å². The van der Waals surface area contributed by atoms with Gasteiger partial charge in [0.05, 0.1) is 22.9 Å². The predicted octanol–water partition coefficient (Wildman–Crippen LogP) is 5.61. The summed E-state index contributed by atoms with van der Waals surface area (Å²) in [7, 11) is 0. The number of aromatic hydroxyl groups is 2. The van der Waals surface area contributed by atoms with Gasteiger partial charge in [0, 0.05) is 27.7 Å². The number of phenols is 2. The average molecular weight is 565 g/mol. The monoisotopic (exact) mass is 564 g/mol. The number of nitrogens with one attached hydrogen (secondary N) is 1. The third-order valence-corrected chi connectivity index (χ3v) is 5.66. The van der Waals surface area contributed by atoms with Crippen molar-refractivity contribution in [3.63, 3.8) is 0 Å². The second kappa shape index (κ2) is 12.1. The van der Waals surface area contributed by atoms with E-state index in [1.807, 2.05) is 0 Å². The number of benzene rings is 4. The fraction of sp³-hybridized carbons (Fsp3) is 0. The summed E-state index contributed by atoms with van der Waals surface area (Å²) in [6, 6.07) is 19.8. The van der Waals surface area contributed by atoms with Crippen LogP contribution < -0.4 is 14.9 Å². The minimum absolute atomic E-state index is 0.0261. The van der Waals surface area contributed by atoms with Crippen molar-refractivity contribution in [2.24, 2.45) is 5.10 Å². The van der Waals surface area contributed by atoms with Gasteiger partial charge in [-0.25, -0.2) is 15.0 Å². The maximum Gasteiger partial charge on any atom is 0.343 e. The molecule has 0 heterocycles. The molecule has 0 saturated carbocycles. The first-order valence-electron chi connectivity index (χ1n) is 11.1. The zero-order valence-corrected chi connectivity index (χ0v) is 21.3. The van der Waals surface area contributed by atoms with Crippen LogP contribution in [0.25, 0.3) is 0 Å². The molecule has 0 atom stereocenters. The molecule has 0 bridgehead atoms. The Morgan fingerprint density at radius 3 is 1.92 bits per heavy atom. The molecule has 4 aromatic rings. The number of phenolic OH excluding ortho intramolecular Hbond substituents is 2. The highest BCUT2D eigenvalue weighted by Crippen LogP contribution is 2.26. The Kier molecular flexibility index (Phi) is 8.45. The molecule has 0 fully saturated rings. The molecule has 0 aliphatic rings. The zero-order valence-electron chi connectivity index (χ0n) is 19.8. The van der Waals surface area contributed by atoms with E-state index in [9.17, 15) is 24.6 Å². The molecule has 0 aliphatic heterocycles. The highest BCUT2D eigenvalue weighted by Gasteiger charge is 2.16. The van der Waals surface area contributed by atoms with Crippen molar-refractivity contribution in [2.75, 3.05) is 0 Å². The highest BCUT2D eigenvalue weighted by molar-refractivity contribution is 6.31. The Morgan fingerprint density at radius 1 is 0.744 bits per heavy atom. The van der Waals surface area contributed by atoms with Crippen LogP contribution in [0.1, 0.15) is 36.6 Å². The molecule has 1 amide bonds. The topological polar surface area (TPSA) is 135 Å². The third kappa shape index (κ3) is 7.13. The quantitative estimate of drug-likeness (QED) is 0.115. The second-order valence-electron chi connectivity index (χ2n) is 7.89. The van der Waals surface area contributed by atoms with Gasteiger partial charge >= 0.3 is 11.9 Å². The first-order chi connectivity index (χ1) is 18.7. The third-order valence-electron chi connectivity index (χ3n) is 5.15. The largest absolute Gasteiger partial charge is 0.508 e. The fourth-order valence-electron chi connectivity index (χ4n) is 3.20. The Bertz CT molecular complexity index is 1570. The molecule has 9 nitrogen and oxygen atoms in total. The van der Waals surface area contributed by atoms with Crippen molar-refractivity contribution in [3.05, 3.63) is 117 Å². The summed E-state index contributed by atoms with van der Waals surface area (Å²) >= 11 is 11.8. The summed E-state index contributed by atoms with van der Waals surface area (Å²) in [6.45, 7) is 0. The van der Waals surface area contributed by atoms with Crippen LogP contribution in [-0.2, 0) is 0 Å². The lowest BCUT2D eigenvalue weighted by atomic mass is 10.2. The lowest BCUT2D eigenvalue weighted by molar-refractivity contribution is 0.0731. The van der Waals surface area contributed by atoms with Crippen molar-refractivity contribution in [1.29, 1.82) is 0 Å². The van der Waals surface area contributed by atoms with Gasteiger partial charge in [0.25, 0.3) is 5.91 Å². The van der Waals surface area contributed by atoms with Crippen LogP contribution in [0.3, 0.4) is 0 Å². The number of carbonyl (C=O) groups is 3. The molecule has 0 saturated heterocycles. The molecule has 0 aliphatic carbocycles. The maximum atomic E-state index is 12.7. The number of esters is 2. The lowest BCUT2D eigenvalue weighted by Gasteiger charge is -2.11. The predicted molar refractivity (Wildman–Crippen MR) is 144 cm³/mol. The molecule has 0 unspecified atom stereocenters. The number of hydrazone groups is 1. The summed E-state index contributed by atoms with van der Waals surface area (Å²) in [5.41, 5.74) is 2.83. The molecule has 0 radical (unpaired) electrons.